The van der Waals surface area contributed by atoms with Crippen molar-refractivity contribution >= 4 is 5.97 Å². The molecule has 0 saturated carbocycles. The second-order valence-electron chi connectivity index (χ2n) is 4.68. The van der Waals surface area contributed by atoms with E-state index in [0.717, 1.165) is 19.4 Å². The van der Waals surface area contributed by atoms with Crippen LogP contribution in [0.15, 0.2) is 0 Å². The minimum atomic E-state index is -0.674. The molecule has 0 aromatic carbocycles. The summed E-state index contributed by atoms with van der Waals surface area (Å²) < 4.78 is 15.7. The van der Waals surface area contributed by atoms with Crippen molar-refractivity contribution in [1.29, 1.82) is 0 Å². The fraction of sp³-hybridized carbons (Fsp3) is 0.929. The minimum absolute atomic E-state index is 0.253. The number of likely N-dealkylation sites (N-methyl/N-ethyl adjacent to an activating group) is 1. The van der Waals surface area contributed by atoms with Crippen LogP contribution >= 0.6 is 0 Å². The highest BCUT2D eigenvalue weighted by atomic mass is 16.5. The van der Waals surface area contributed by atoms with E-state index >= 15 is 0 Å². The highest BCUT2D eigenvalue weighted by Crippen LogP contribution is 2.11. The summed E-state index contributed by atoms with van der Waals surface area (Å²) in [5.74, 6) is -0.253. The van der Waals surface area contributed by atoms with E-state index in [1.54, 1.807) is 0 Å². The Morgan fingerprint density at radius 2 is 1.74 bits per heavy atom. The van der Waals surface area contributed by atoms with Crippen LogP contribution in [-0.2, 0) is 19.0 Å². The van der Waals surface area contributed by atoms with Crippen LogP contribution in [0.5, 0.6) is 0 Å². The molecule has 0 bridgehead atoms. The third kappa shape index (κ3) is 8.18. The van der Waals surface area contributed by atoms with Crippen molar-refractivity contribution in [2.45, 2.75) is 45.6 Å². The number of hydrogen-bond donors (Lipinski definition) is 1. The number of methoxy groups -OCH3 is 1. The Bertz CT molecular complexity index is 235. The van der Waals surface area contributed by atoms with Gasteiger partial charge in [-0.2, -0.15) is 0 Å². The maximum absolute atomic E-state index is 11.7. The molecular weight excluding hydrogens is 246 g/mol. The van der Waals surface area contributed by atoms with Crippen molar-refractivity contribution < 1.29 is 19.0 Å². The van der Waals surface area contributed by atoms with Crippen molar-refractivity contribution in [3.8, 4) is 0 Å². The van der Waals surface area contributed by atoms with Gasteiger partial charge in [-0.3, -0.25) is 4.79 Å². The quantitative estimate of drug-likeness (QED) is 0.434. The SMILES string of the molecule is CCCCOCCOCCC(C)(NCC)C(=O)OC. The summed E-state index contributed by atoms with van der Waals surface area (Å²) in [6.07, 6.45) is 2.81. The van der Waals surface area contributed by atoms with Crippen molar-refractivity contribution in [2.75, 3.05) is 40.1 Å². The molecule has 0 aromatic rings. The predicted molar refractivity (Wildman–Crippen MR) is 75.3 cm³/mol. The average molecular weight is 275 g/mol. The normalized spacial score (nSPS) is 14.1. The van der Waals surface area contributed by atoms with Crippen LogP contribution in [0, 0.1) is 0 Å². The standard InChI is InChI=1S/C14H29NO4/c1-5-7-9-18-11-12-19-10-8-14(3,15-6-2)13(16)17-4/h15H,5-12H2,1-4H3. The number of carbonyl (C=O) groups excluding carboxylic acids is 1. The number of ether oxygens (including phenoxy) is 3. The number of esters is 1. The van der Waals surface area contributed by atoms with E-state index in [4.69, 9.17) is 14.2 Å². The Balaban J connectivity index is 3.73. The first-order valence-corrected chi connectivity index (χ1v) is 7.09. The molecule has 0 radical (unpaired) electrons. The lowest BCUT2D eigenvalue weighted by Gasteiger charge is -2.27. The molecule has 1 atom stereocenters. The Kier molecular flexibility index (Phi) is 10.8. The van der Waals surface area contributed by atoms with E-state index in [0.29, 0.717) is 32.8 Å². The van der Waals surface area contributed by atoms with Gasteiger partial charge in [-0.1, -0.05) is 20.3 Å². The molecule has 0 aromatic heterocycles. The largest absolute Gasteiger partial charge is 0.468 e. The highest BCUT2D eigenvalue weighted by Gasteiger charge is 2.32. The molecule has 0 amide bonds. The molecule has 0 spiro atoms. The van der Waals surface area contributed by atoms with Gasteiger partial charge in [0.1, 0.15) is 5.54 Å². The van der Waals surface area contributed by atoms with Crippen LogP contribution in [0.1, 0.15) is 40.0 Å². The molecule has 19 heavy (non-hydrogen) atoms. The summed E-state index contributed by atoms with van der Waals surface area (Å²) >= 11 is 0. The van der Waals surface area contributed by atoms with Gasteiger partial charge < -0.3 is 19.5 Å². The second kappa shape index (κ2) is 11.2. The van der Waals surface area contributed by atoms with Gasteiger partial charge in [-0.15, -0.1) is 0 Å². The summed E-state index contributed by atoms with van der Waals surface area (Å²) in [5, 5.41) is 3.14. The fourth-order valence-corrected chi connectivity index (χ4v) is 1.72. The number of unbranched alkanes of at least 4 members (excludes halogenated alkanes) is 1. The van der Waals surface area contributed by atoms with Crippen molar-refractivity contribution in [2.24, 2.45) is 0 Å². The van der Waals surface area contributed by atoms with Gasteiger partial charge in [-0.25, -0.2) is 0 Å². The number of rotatable bonds is 12. The molecule has 0 aliphatic heterocycles. The Hall–Kier alpha value is -0.650. The van der Waals surface area contributed by atoms with Crippen LogP contribution in [0.25, 0.3) is 0 Å². The van der Waals surface area contributed by atoms with Gasteiger partial charge in [-0.05, 0) is 26.3 Å². The van der Waals surface area contributed by atoms with Crippen molar-refractivity contribution in [3.63, 3.8) is 0 Å². The van der Waals surface area contributed by atoms with Gasteiger partial charge in [0.05, 0.1) is 20.3 Å². The van der Waals surface area contributed by atoms with Gasteiger partial charge in [0.15, 0.2) is 0 Å². The molecule has 114 valence electrons. The van der Waals surface area contributed by atoms with Gasteiger partial charge in [0.2, 0.25) is 0 Å². The maximum atomic E-state index is 11.7. The molecule has 5 nitrogen and oxygen atoms in total. The third-order valence-electron chi connectivity index (χ3n) is 2.96. The first-order chi connectivity index (χ1) is 9.10. The summed E-state index contributed by atoms with van der Waals surface area (Å²) in [5.41, 5.74) is -0.674. The summed E-state index contributed by atoms with van der Waals surface area (Å²) in [6.45, 7) is 9.11. The van der Waals surface area contributed by atoms with Crippen LogP contribution in [0.3, 0.4) is 0 Å². The Morgan fingerprint density at radius 1 is 1.11 bits per heavy atom. The van der Waals surface area contributed by atoms with Gasteiger partial charge >= 0.3 is 5.97 Å². The molecule has 0 aliphatic carbocycles. The average Bonchev–Trinajstić information content (AvgIpc) is 2.41. The van der Waals surface area contributed by atoms with Crippen molar-refractivity contribution in [1.82, 2.24) is 5.32 Å². The van der Waals surface area contributed by atoms with E-state index in [-0.39, 0.29) is 5.97 Å². The van der Waals surface area contributed by atoms with E-state index < -0.39 is 5.54 Å². The first kappa shape index (κ1) is 18.4. The lowest BCUT2D eigenvalue weighted by molar-refractivity contribution is -0.148. The van der Waals surface area contributed by atoms with Crippen molar-refractivity contribution in [3.05, 3.63) is 0 Å². The van der Waals surface area contributed by atoms with E-state index in [9.17, 15) is 4.79 Å². The smallest absolute Gasteiger partial charge is 0.325 e. The third-order valence-corrected chi connectivity index (χ3v) is 2.96. The zero-order chi connectivity index (χ0) is 14.6. The zero-order valence-corrected chi connectivity index (χ0v) is 12.8. The van der Waals surface area contributed by atoms with E-state index in [2.05, 4.69) is 12.2 Å². The predicted octanol–water partition coefficient (Wildman–Crippen LogP) is 1.75. The summed E-state index contributed by atoms with van der Waals surface area (Å²) in [7, 11) is 1.40. The molecule has 5 heteroatoms. The van der Waals surface area contributed by atoms with Crippen LogP contribution in [-0.4, -0.2) is 51.6 Å². The van der Waals surface area contributed by atoms with Crippen LogP contribution < -0.4 is 5.32 Å². The lowest BCUT2D eigenvalue weighted by atomic mass is 9.98. The number of carbonyl (C=O) groups is 1. The van der Waals surface area contributed by atoms with E-state index in [1.165, 1.54) is 7.11 Å². The minimum Gasteiger partial charge on any atom is -0.468 e. The fourth-order valence-electron chi connectivity index (χ4n) is 1.72. The highest BCUT2D eigenvalue weighted by molar-refractivity contribution is 5.80. The summed E-state index contributed by atoms with van der Waals surface area (Å²) in [4.78, 5) is 11.7. The van der Waals surface area contributed by atoms with Crippen LogP contribution in [0.4, 0.5) is 0 Å². The Morgan fingerprint density at radius 3 is 2.26 bits per heavy atom. The van der Waals surface area contributed by atoms with Gasteiger partial charge in [0, 0.05) is 13.2 Å². The van der Waals surface area contributed by atoms with E-state index in [1.807, 2.05) is 13.8 Å². The summed E-state index contributed by atoms with van der Waals surface area (Å²) in [6, 6.07) is 0. The molecule has 0 heterocycles. The monoisotopic (exact) mass is 275 g/mol. The zero-order valence-electron chi connectivity index (χ0n) is 12.8. The molecule has 0 aliphatic rings. The van der Waals surface area contributed by atoms with Gasteiger partial charge in [0.25, 0.3) is 0 Å². The lowest BCUT2D eigenvalue weighted by Crippen LogP contribution is -2.50. The molecule has 0 fully saturated rings. The molecule has 0 rings (SSSR count). The Labute approximate surface area is 117 Å². The number of nitrogens with one attached hydrogen (secondary N) is 1. The maximum Gasteiger partial charge on any atom is 0.325 e. The second-order valence-corrected chi connectivity index (χ2v) is 4.68. The van der Waals surface area contributed by atoms with Crippen LogP contribution in [0.2, 0.25) is 0 Å². The molecular formula is C14H29NO4. The molecule has 0 saturated heterocycles. The first-order valence-electron chi connectivity index (χ1n) is 7.09. The topological polar surface area (TPSA) is 56.8 Å². The molecule has 1 N–H and O–H groups in total. The molecule has 1 unspecified atom stereocenters. The number of hydrogen-bond acceptors (Lipinski definition) is 5.